The number of ether oxygens (including phenoxy) is 3. The monoisotopic (exact) mass is 672 g/mol. The van der Waals surface area contributed by atoms with E-state index in [-0.39, 0.29) is 34.9 Å². The van der Waals surface area contributed by atoms with E-state index in [1.54, 1.807) is 19.1 Å². The number of fused-ring (bicyclic) bond motifs is 1. The highest BCUT2D eigenvalue weighted by Crippen LogP contribution is 2.42. The van der Waals surface area contributed by atoms with E-state index >= 15 is 0 Å². The summed E-state index contributed by atoms with van der Waals surface area (Å²) in [5.41, 5.74) is -0.429. The summed E-state index contributed by atoms with van der Waals surface area (Å²) in [6.45, 7) is 2.10. The van der Waals surface area contributed by atoms with Gasteiger partial charge < -0.3 is 19.3 Å². The van der Waals surface area contributed by atoms with Crippen LogP contribution in [0.5, 0.6) is 11.6 Å². The summed E-state index contributed by atoms with van der Waals surface area (Å²) >= 11 is 6.21. The van der Waals surface area contributed by atoms with Crippen LogP contribution in [0.1, 0.15) is 43.4 Å². The second-order valence-corrected chi connectivity index (χ2v) is 12.5. The minimum Gasteiger partial charge on any atom is -0.486 e. The van der Waals surface area contributed by atoms with Crippen molar-refractivity contribution in [2.24, 2.45) is 0 Å². The number of carbonyl (C=O) groups excluding carboxylic acids is 1. The summed E-state index contributed by atoms with van der Waals surface area (Å²) in [7, 11) is -3.67. The van der Waals surface area contributed by atoms with E-state index in [1.807, 2.05) is 0 Å². The van der Waals surface area contributed by atoms with E-state index < -0.39 is 69.7 Å². The zero-order chi connectivity index (χ0) is 33.1. The van der Waals surface area contributed by atoms with E-state index in [2.05, 4.69) is 9.72 Å². The first-order valence-electron chi connectivity index (χ1n) is 13.5. The van der Waals surface area contributed by atoms with Gasteiger partial charge in [0.15, 0.2) is 4.90 Å². The van der Waals surface area contributed by atoms with Crippen molar-refractivity contribution in [3.63, 3.8) is 0 Å². The normalized spacial score (nSPS) is 16.1. The average Bonchev–Trinajstić information content (AvgIpc) is 2.97. The van der Waals surface area contributed by atoms with Crippen molar-refractivity contribution in [1.29, 1.82) is 0 Å². The molecule has 1 aliphatic rings. The fourth-order valence-corrected chi connectivity index (χ4v) is 6.49. The Hall–Kier alpha value is -3.88. The third-order valence-electron chi connectivity index (χ3n) is 6.73. The van der Waals surface area contributed by atoms with Gasteiger partial charge in [0.05, 0.1) is 36.0 Å². The van der Waals surface area contributed by atoms with E-state index in [9.17, 15) is 35.9 Å². The summed E-state index contributed by atoms with van der Waals surface area (Å²) < 4.78 is 101. The molecule has 0 aliphatic carbocycles. The molecule has 0 bridgehead atoms. The molecule has 9 nitrogen and oxygen atoms in total. The summed E-state index contributed by atoms with van der Waals surface area (Å²) in [5, 5.41) is 9.82. The Morgan fingerprint density at radius 2 is 2.00 bits per heavy atom. The van der Waals surface area contributed by atoms with Crippen LogP contribution in [0.4, 0.5) is 23.2 Å². The van der Waals surface area contributed by atoms with Crippen LogP contribution in [0, 0.1) is 5.82 Å². The largest absolute Gasteiger partial charge is 0.486 e. The highest BCUT2D eigenvalue weighted by atomic mass is 35.5. The number of aliphatic hydroxyl groups excluding tert-OH is 1. The number of carbonyl (C=O) groups is 1. The molecule has 2 aromatic carbocycles. The molecule has 0 saturated carbocycles. The van der Waals surface area contributed by atoms with Crippen molar-refractivity contribution in [1.82, 2.24) is 4.98 Å². The van der Waals surface area contributed by atoms with E-state index in [0.717, 1.165) is 4.31 Å². The quantitative estimate of drug-likeness (QED) is 0.156. The standard InChI is InChI=1S/C30H29ClF4N2O7S/c1-17(28-22(31)5-4-6-23(28)32)11-19-7-9-25-24(12-19)37(15-21(44-25)8-10-27(39)42-3)45(40,41)26-13-20(30(33,34)35)14-36-29(26)43-16-18(2)38/h4-7,9,11-14,18,21,38H,8,10,15-16H2,1-3H3/b17-11+/t18-,21+/m1/s1. The number of aliphatic hydroxyl groups is 1. The molecule has 2 heterocycles. The average molecular weight is 673 g/mol. The van der Waals surface area contributed by atoms with Crippen molar-refractivity contribution in [3.05, 3.63) is 76.2 Å². The Kier molecular flexibility index (Phi) is 10.3. The first-order chi connectivity index (χ1) is 21.1. The minimum absolute atomic E-state index is 0.0247. The van der Waals surface area contributed by atoms with Gasteiger partial charge in [-0.25, -0.2) is 17.8 Å². The SMILES string of the molecule is COC(=O)CC[C@H]1CN(S(=O)(=O)c2cc(C(F)(F)F)cnc2OC[C@@H](C)O)c2cc(/C=C(\C)c3c(F)cccc3Cl)ccc2O1. The fourth-order valence-electron chi connectivity index (χ4n) is 4.57. The summed E-state index contributed by atoms with van der Waals surface area (Å²) in [6.07, 6.45) is -5.03. The Balaban J connectivity index is 1.85. The zero-order valence-corrected chi connectivity index (χ0v) is 25.8. The van der Waals surface area contributed by atoms with Crippen LogP contribution in [-0.4, -0.2) is 56.9 Å². The summed E-state index contributed by atoms with van der Waals surface area (Å²) in [5.74, 6) is -1.73. The number of sulfonamides is 1. The Morgan fingerprint density at radius 1 is 1.27 bits per heavy atom. The molecule has 0 unspecified atom stereocenters. The maximum Gasteiger partial charge on any atom is 0.417 e. The van der Waals surface area contributed by atoms with Gasteiger partial charge in [0, 0.05) is 18.2 Å². The van der Waals surface area contributed by atoms with E-state index in [0.29, 0.717) is 23.4 Å². The number of hydrogen-bond acceptors (Lipinski definition) is 8. The van der Waals surface area contributed by atoms with E-state index in [1.165, 1.54) is 44.4 Å². The molecule has 242 valence electrons. The first kappa shape index (κ1) is 34.0. The van der Waals surface area contributed by atoms with Crippen LogP contribution in [0.15, 0.2) is 53.6 Å². The zero-order valence-electron chi connectivity index (χ0n) is 24.3. The highest BCUT2D eigenvalue weighted by molar-refractivity contribution is 7.93. The lowest BCUT2D eigenvalue weighted by atomic mass is 10.0. The number of nitrogens with zero attached hydrogens (tertiary/aromatic N) is 2. The number of hydrogen-bond donors (Lipinski definition) is 1. The number of aromatic nitrogens is 1. The van der Waals surface area contributed by atoms with Crippen molar-refractivity contribution in [3.8, 4) is 11.6 Å². The molecule has 15 heteroatoms. The number of anilines is 1. The second kappa shape index (κ2) is 13.6. The molecular weight excluding hydrogens is 644 g/mol. The number of esters is 1. The van der Waals surface area contributed by atoms with Crippen LogP contribution in [0.3, 0.4) is 0 Å². The molecule has 0 spiro atoms. The lowest BCUT2D eigenvalue weighted by molar-refractivity contribution is -0.141. The number of pyridine rings is 1. The van der Waals surface area contributed by atoms with Crippen LogP contribution < -0.4 is 13.8 Å². The topological polar surface area (TPSA) is 115 Å². The van der Waals surface area contributed by atoms with Crippen LogP contribution >= 0.6 is 11.6 Å². The van der Waals surface area contributed by atoms with Crippen molar-refractivity contribution in [2.45, 2.75) is 50.0 Å². The van der Waals surface area contributed by atoms with Crippen molar-refractivity contribution < 1.29 is 50.1 Å². The fraction of sp³-hybridized carbons (Fsp3) is 0.333. The van der Waals surface area contributed by atoms with Gasteiger partial charge in [0.2, 0.25) is 5.88 Å². The number of allylic oxidation sites excluding steroid dienone is 1. The molecule has 2 atom stereocenters. The smallest absolute Gasteiger partial charge is 0.417 e. The maximum atomic E-state index is 14.6. The molecule has 0 saturated heterocycles. The number of rotatable bonds is 10. The van der Waals surface area contributed by atoms with Crippen molar-refractivity contribution in [2.75, 3.05) is 24.6 Å². The lowest BCUT2D eigenvalue weighted by Crippen LogP contribution is -2.44. The van der Waals surface area contributed by atoms with Crippen LogP contribution in [0.25, 0.3) is 11.6 Å². The van der Waals surface area contributed by atoms with Crippen molar-refractivity contribution >= 4 is 44.9 Å². The second-order valence-electron chi connectivity index (χ2n) is 10.2. The summed E-state index contributed by atoms with van der Waals surface area (Å²) in [4.78, 5) is 14.5. The van der Waals surface area contributed by atoms with Gasteiger partial charge in [-0.05, 0) is 61.7 Å². The van der Waals surface area contributed by atoms with Gasteiger partial charge in [0.25, 0.3) is 10.0 Å². The molecule has 0 fully saturated rings. The van der Waals surface area contributed by atoms with Gasteiger partial charge in [0.1, 0.15) is 24.3 Å². The predicted octanol–water partition coefficient (Wildman–Crippen LogP) is 6.12. The Morgan fingerprint density at radius 3 is 2.64 bits per heavy atom. The van der Waals surface area contributed by atoms with Crippen LogP contribution in [0.2, 0.25) is 5.02 Å². The third kappa shape index (κ3) is 7.86. The van der Waals surface area contributed by atoms with Gasteiger partial charge in [-0.15, -0.1) is 0 Å². The molecule has 1 aliphatic heterocycles. The Bertz CT molecular complexity index is 1690. The third-order valence-corrected chi connectivity index (χ3v) is 8.82. The Labute approximate surface area is 262 Å². The van der Waals surface area contributed by atoms with Gasteiger partial charge in [-0.2, -0.15) is 13.2 Å². The number of alkyl halides is 3. The van der Waals surface area contributed by atoms with Gasteiger partial charge in [-0.3, -0.25) is 9.10 Å². The molecule has 1 N–H and O–H groups in total. The molecule has 45 heavy (non-hydrogen) atoms. The van der Waals surface area contributed by atoms with E-state index in [4.69, 9.17) is 21.1 Å². The number of methoxy groups -OCH3 is 1. The molecule has 4 rings (SSSR count). The highest BCUT2D eigenvalue weighted by Gasteiger charge is 2.40. The minimum atomic E-state index is -4.94. The van der Waals surface area contributed by atoms with Crippen LogP contribution in [-0.2, 0) is 25.7 Å². The number of halogens is 5. The maximum absolute atomic E-state index is 14.6. The lowest BCUT2D eigenvalue weighted by Gasteiger charge is -2.36. The molecule has 0 radical (unpaired) electrons. The number of benzene rings is 2. The first-order valence-corrected chi connectivity index (χ1v) is 15.3. The molecule has 0 amide bonds. The predicted molar refractivity (Wildman–Crippen MR) is 158 cm³/mol. The molecule has 1 aromatic heterocycles. The summed E-state index contributed by atoms with van der Waals surface area (Å²) in [6, 6.07) is 9.06. The molecule has 3 aromatic rings. The molecular formula is C30H29ClF4N2O7S. The van der Waals surface area contributed by atoms with Gasteiger partial charge >= 0.3 is 12.1 Å². The van der Waals surface area contributed by atoms with Gasteiger partial charge in [-0.1, -0.05) is 29.8 Å².